The molecule has 1 atom stereocenters. The molecule has 0 aliphatic carbocycles. The van der Waals surface area contributed by atoms with E-state index in [0.717, 1.165) is 11.3 Å². The SMILES string of the molecule is CC(NC(=O)c1ccc(C(C)(C)C)cc1)C(=O)Nc1ccc(N2CCNC2=O)cc1. The molecule has 3 N–H and O–H groups in total. The van der Waals surface area contributed by atoms with Crippen LogP contribution >= 0.6 is 0 Å². The Labute approximate surface area is 176 Å². The van der Waals surface area contributed by atoms with Crippen LogP contribution < -0.4 is 20.9 Å². The fraction of sp³-hybridized carbons (Fsp3) is 0.348. The van der Waals surface area contributed by atoms with Crippen LogP contribution in [-0.4, -0.2) is 37.0 Å². The summed E-state index contributed by atoms with van der Waals surface area (Å²) in [5.74, 6) is -0.616. The fourth-order valence-corrected chi connectivity index (χ4v) is 3.16. The summed E-state index contributed by atoms with van der Waals surface area (Å²) in [7, 11) is 0. The first-order valence-electron chi connectivity index (χ1n) is 10.0. The highest BCUT2D eigenvalue weighted by molar-refractivity contribution is 6.01. The molecule has 158 valence electrons. The van der Waals surface area contributed by atoms with Gasteiger partial charge in [0.25, 0.3) is 5.91 Å². The van der Waals surface area contributed by atoms with Gasteiger partial charge in [0.1, 0.15) is 6.04 Å². The van der Waals surface area contributed by atoms with Crippen LogP contribution in [0.2, 0.25) is 0 Å². The van der Waals surface area contributed by atoms with Crippen LogP contribution in [0, 0.1) is 0 Å². The zero-order chi connectivity index (χ0) is 21.9. The number of benzene rings is 2. The summed E-state index contributed by atoms with van der Waals surface area (Å²) in [4.78, 5) is 38.3. The fourth-order valence-electron chi connectivity index (χ4n) is 3.16. The summed E-state index contributed by atoms with van der Waals surface area (Å²) in [6.07, 6.45) is 0. The molecule has 1 heterocycles. The standard InChI is InChI=1S/C23H28N4O3/c1-15(25-21(29)16-5-7-17(8-6-16)23(2,3)4)20(28)26-18-9-11-19(12-10-18)27-14-13-24-22(27)30/h5-12,15H,13-14H2,1-4H3,(H,24,30)(H,25,29)(H,26,28). The van der Waals surface area contributed by atoms with Gasteiger partial charge >= 0.3 is 6.03 Å². The van der Waals surface area contributed by atoms with E-state index in [0.29, 0.717) is 24.3 Å². The van der Waals surface area contributed by atoms with Gasteiger partial charge in [-0.2, -0.15) is 0 Å². The Hall–Kier alpha value is -3.35. The van der Waals surface area contributed by atoms with Crippen molar-refractivity contribution in [3.05, 3.63) is 59.7 Å². The molecule has 1 aliphatic heterocycles. The zero-order valence-electron chi connectivity index (χ0n) is 17.8. The number of hydrogen-bond acceptors (Lipinski definition) is 3. The van der Waals surface area contributed by atoms with E-state index in [2.05, 4.69) is 36.7 Å². The molecule has 1 aliphatic rings. The molecule has 7 nitrogen and oxygen atoms in total. The Morgan fingerprint density at radius 1 is 1.03 bits per heavy atom. The molecule has 1 fully saturated rings. The highest BCUT2D eigenvalue weighted by Crippen LogP contribution is 2.22. The quantitative estimate of drug-likeness (QED) is 0.709. The Bertz CT molecular complexity index is 930. The number of nitrogens with one attached hydrogen (secondary N) is 3. The average Bonchev–Trinajstić information content (AvgIpc) is 3.13. The topological polar surface area (TPSA) is 90.5 Å². The lowest BCUT2D eigenvalue weighted by molar-refractivity contribution is -0.117. The molecule has 0 bridgehead atoms. The van der Waals surface area contributed by atoms with E-state index in [-0.39, 0.29) is 23.3 Å². The number of amides is 4. The molecule has 1 saturated heterocycles. The molecular weight excluding hydrogens is 380 g/mol. The van der Waals surface area contributed by atoms with Gasteiger partial charge in [-0.3, -0.25) is 14.5 Å². The van der Waals surface area contributed by atoms with Gasteiger partial charge in [-0.1, -0.05) is 32.9 Å². The van der Waals surface area contributed by atoms with Gasteiger partial charge in [-0.25, -0.2) is 4.79 Å². The summed E-state index contributed by atoms with van der Waals surface area (Å²) < 4.78 is 0. The third-order valence-electron chi connectivity index (χ3n) is 5.06. The normalized spacial score (nSPS) is 14.8. The van der Waals surface area contributed by atoms with Crippen molar-refractivity contribution < 1.29 is 14.4 Å². The monoisotopic (exact) mass is 408 g/mol. The highest BCUT2D eigenvalue weighted by Gasteiger charge is 2.21. The molecule has 0 spiro atoms. The zero-order valence-corrected chi connectivity index (χ0v) is 17.8. The molecular formula is C23H28N4O3. The van der Waals surface area contributed by atoms with Crippen molar-refractivity contribution in [2.24, 2.45) is 0 Å². The van der Waals surface area contributed by atoms with Crippen molar-refractivity contribution in [2.45, 2.75) is 39.2 Å². The van der Waals surface area contributed by atoms with E-state index >= 15 is 0 Å². The molecule has 0 radical (unpaired) electrons. The minimum atomic E-state index is -0.705. The summed E-state index contributed by atoms with van der Waals surface area (Å²) >= 11 is 0. The van der Waals surface area contributed by atoms with Crippen molar-refractivity contribution in [1.82, 2.24) is 10.6 Å². The summed E-state index contributed by atoms with van der Waals surface area (Å²) in [6, 6.07) is 13.6. The second kappa shape index (κ2) is 8.57. The van der Waals surface area contributed by atoms with Gasteiger partial charge in [-0.15, -0.1) is 0 Å². The molecule has 0 aromatic heterocycles. The first-order chi connectivity index (χ1) is 14.1. The maximum Gasteiger partial charge on any atom is 0.321 e. The minimum Gasteiger partial charge on any atom is -0.341 e. The largest absolute Gasteiger partial charge is 0.341 e. The number of hydrogen-bond donors (Lipinski definition) is 3. The van der Waals surface area contributed by atoms with Crippen molar-refractivity contribution in [1.29, 1.82) is 0 Å². The van der Waals surface area contributed by atoms with E-state index in [4.69, 9.17) is 0 Å². The Morgan fingerprint density at radius 2 is 1.67 bits per heavy atom. The first kappa shape index (κ1) is 21.4. The highest BCUT2D eigenvalue weighted by atomic mass is 16.2. The Kier molecular flexibility index (Phi) is 6.10. The Balaban J connectivity index is 1.56. The van der Waals surface area contributed by atoms with Crippen LogP contribution in [0.15, 0.2) is 48.5 Å². The van der Waals surface area contributed by atoms with Crippen LogP contribution in [0.25, 0.3) is 0 Å². The lowest BCUT2D eigenvalue weighted by atomic mass is 9.86. The van der Waals surface area contributed by atoms with Crippen molar-refractivity contribution in [2.75, 3.05) is 23.3 Å². The molecule has 3 rings (SSSR count). The number of carbonyl (C=O) groups is 3. The summed E-state index contributed by atoms with van der Waals surface area (Å²) in [5, 5.41) is 8.26. The second-order valence-corrected chi connectivity index (χ2v) is 8.44. The second-order valence-electron chi connectivity index (χ2n) is 8.44. The smallest absolute Gasteiger partial charge is 0.321 e. The van der Waals surface area contributed by atoms with Gasteiger partial charge < -0.3 is 16.0 Å². The number of urea groups is 1. The third-order valence-corrected chi connectivity index (χ3v) is 5.06. The van der Waals surface area contributed by atoms with Crippen LogP contribution in [0.3, 0.4) is 0 Å². The lowest BCUT2D eigenvalue weighted by Gasteiger charge is -2.19. The van der Waals surface area contributed by atoms with Crippen molar-refractivity contribution in [3.8, 4) is 0 Å². The van der Waals surface area contributed by atoms with E-state index in [1.807, 2.05) is 12.1 Å². The van der Waals surface area contributed by atoms with Crippen LogP contribution in [0.1, 0.15) is 43.6 Å². The lowest BCUT2D eigenvalue weighted by Crippen LogP contribution is -2.41. The summed E-state index contributed by atoms with van der Waals surface area (Å²) in [5.41, 5.74) is 3.02. The first-order valence-corrected chi connectivity index (χ1v) is 10.0. The molecule has 4 amide bonds. The van der Waals surface area contributed by atoms with Crippen molar-refractivity contribution >= 4 is 29.2 Å². The molecule has 0 saturated carbocycles. The Morgan fingerprint density at radius 3 is 2.20 bits per heavy atom. The van der Waals surface area contributed by atoms with Gasteiger partial charge in [0.2, 0.25) is 5.91 Å². The third kappa shape index (κ3) is 4.97. The molecule has 30 heavy (non-hydrogen) atoms. The van der Waals surface area contributed by atoms with E-state index in [9.17, 15) is 14.4 Å². The number of rotatable bonds is 5. The predicted octanol–water partition coefficient (Wildman–Crippen LogP) is 3.27. The van der Waals surface area contributed by atoms with Crippen LogP contribution in [-0.2, 0) is 10.2 Å². The van der Waals surface area contributed by atoms with Crippen LogP contribution in [0.5, 0.6) is 0 Å². The number of anilines is 2. The van der Waals surface area contributed by atoms with Crippen molar-refractivity contribution in [3.63, 3.8) is 0 Å². The van der Waals surface area contributed by atoms with E-state index in [1.54, 1.807) is 48.2 Å². The average molecular weight is 409 g/mol. The molecule has 7 heteroatoms. The van der Waals surface area contributed by atoms with Gasteiger partial charge in [0.05, 0.1) is 0 Å². The molecule has 2 aromatic carbocycles. The number of carbonyl (C=O) groups excluding carboxylic acids is 3. The van der Waals surface area contributed by atoms with Gasteiger partial charge in [0, 0.05) is 30.0 Å². The maximum absolute atomic E-state index is 12.5. The van der Waals surface area contributed by atoms with Gasteiger partial charge in [-0.05, 0) is 54.3 Å². The minimum absolute atomic E-state index is 0.0102. The predicted molar refractivity (Wildman–Crippen MR) is 118 cm³/mol. The molecule has 1 unspecified atom stereocenters. The number of nitrogens with zero attached hydrogens (tertiary/aromatic N) is 1. The molecule has 2 aromatic rings. The van der Waals surface area contributed by atoms with E-state index in [1.165, 1.54) is 0 Å². The van der Waals surface area contributed by atoms with E-state index < -0.39 is 6.04 Å². The maximum atomic E-state index is 12.5. The van der Waals surface area contributed by atoms with Crippen LogP contribution in [0.4, 0.5) is 16.2 Å². The summed E-state index contributed by atoms with van der Waals surface area (Å²) in [6.45, 7) is 9.21. The van der Waals surface area contributed by atoms with Gasteiger partial charge in [0.15, 0.2) is 0 Å².